The molecule has 2 N–H and O–H groups in total. The van der Waals surface area contributed by atoms with E-state index < -0.39 is 0 Å². The van der Waals surface area contributed by atoms with Crippen LogP contribution < -0.4 is 5.32 Å². The van der Waals surface area contributed by atoms with Gasteiger partial charge in [-0.1, -0.05) is 26.3 Å². The number of phenolic OH excluding ortho intramolecular Hbond substituents is 1. The van der Waals surface area contributed by atoms with E-state index in [-0.39, 0.29) is 11.7 Å². The summed E-state index contributed by atoms with van der Waals surface area (Å²) < 4.78 is 0. The summed E-state index contributed by atoms with van der Waals surface area (Å²) in [7, 11) is 0. The molecule has 1 aromatic carbocycles. The van der Waals surface area contributed by atoms with Gasteiger partial charge in [0.05, 0.1) is 0 Å². The number of carbonyl (C=O) groups excluding carboxylic acids is 1. The predicted octanol–water partition coefficient (Wildman–Crippen LogP) is 4.18. The van der Waals surface area contributed by atoms with Gasteiger partial charge >= 0.3 is 0 Å². The molecule has 0 radical (unpaired) electrons. The lowest BCUT2D eigenvalue weighted by Crippen LogP contribution is -2.34. The fraction of sp³-hybridized carbons (Fsp3) is 0.682. The van der Waals surface area contributed by atoms with Crippen molar-refractivity contribution in [1.29, 1.82) is 0 Å². The molecule has 1 aliphatic carbocycles. The van der Waals surface area contributed by atoms with Crippen molar-refractivity contribution in [2.24, 2.45) is 17.8 Å². The Balaban J connectivity index is 1.48. The zero-order valence-electron chi connectivity index (χ0n) is 16.3. The summed E-state index contributed by atoms with van der Waals surface area (Å²) >= 11 is 0. The van der Waals surface area contributed by atoms with Crippen LogP contribution in [-0.4, -0.2) is 35.5 Å². The number of aromatic hydroxyl groups is 1. The molecule has 0 aromatic heterocycles. The Bertz CT molecular complexity index is 608. The summed E-state index contributed by atoms with van der Waals surface area (Å²) in [5, 5.41) is 13.2. The lowest BCUT2D eigenvalue weighted by atomic mass is 9.74. The molecular formula is C22H34N2O2. The number of hydrogen-bond acceptors (Lipinski definition) is 3. The van der Waals surface area contributed by atoms with Crippen LogP contribution in [0, 0.1) is 17.8 Å². The van der Waals surface area contributed by atoms with Gasteiger partial charge in [0.25, 0.3) is 5.91 Å². The molecule has 1 unspecified atom stereocenters. The zero-order valence-corrected chi connectivity index (χ0v) is 16.3. The maximum atomic E-state index is 12.6. The number of nitrogens with zero attached hydrogens (tertiary/aromatic N) is 1. The van der Waals surface area contributed by atoms with Crippen LogP contribution in [0.5, 0.6) is 5.75 Å². The molecular weight excluding hydrogens is 324 g/mol. The van der Waals surface area contributed by atoms with Crippen molar-refractivity contribution in [2.45, 2.75) is 58.9 Å². The first-order chi connectivity index (χ1) is 12.6. The van der Waals surface area contributed by atoms with Gasteiger partial charge in [-0.2, -0.15) is 0 Å². The molecule has 0 bridgehead atoms. The lowest BCUT2D eigenvalue weighted by molar-refractivity contribution is 0.0719. The summed E-state index contributed by atoms with van der Waals surface area (Å²) in [6.45, 7) is 8.39. The van der Waals surface area contributed by atoms with E-state index in [9.17, 15) is 9.90 Å². The van der Waals surface area contributed by atoms with Gasteiger partial charge in [-0.25, -0.2) is 0 Å². The molecule has 1 amide bonds. The average Bonchev–Trinajstić information content (AvgIpc) is 2.95. The minimum Gasteiger partial charge on any atom is -0.508 e. The molecule has 0 saturated heterocycles. The summed E-state index contributed by atoms with van der Waals surface area (Å²) in [4.78, 5) is 14.6. The van der Waals surface area contributed by atoms with Crippen molar-refractivity contribution < 1.29 is 9.90 Å². The Morgan fingerprint density at radius 3 is 2.69 bits per heavy atom. The molecule has 1 aliphatic heterocycles. The number of nitrogens with one attached hydrogen (secondary N) is 1. The third-order valence-corrected chi connectivity index (χ3v) is 6.37. The van der Waals surface area contributed by atoms with Crippen molar-refractivity contribution >= 4 is 5.91 Å². The van der Waals surface area contributed by atoms with E-state index in [0.29, 0.717) is 18.0 Å². The highest BCUT2D eigenvalue weighted by atomic mass is 16.3. The number of amides is 1. The van der Waals surface area contributed by atoms with Crippen LogP contribution >= 0.6 is 0 Å². The second-order valence-electron chi connectivity index (χ2n) is 8.18. The monoisotopic (exact) mass is 358 g/mol. The molecule has 1 fully saturated rings. The smallest absolute Gasteiger partial charge is 0.254 e. The largest absolute Gasteiger partial charge is 0.508 e. The SMILES string of the molecule is CCCNCC(CC)C1CCC(CN2Cc3ccc(O)cc3C2=O)CC1. The number of rotatable bonds is 8. The minimum atomic E-state index is 0.0909. The third-order valence-electron chi connectivity index (χ3n) is 6.37. The Labute approximate surface area is 158 Å². The fourth-order valence-corrected chi connectivity index (χ4v) is 4.76. The summed E-state index contributed by atoms with van der Waals surface area (Å²) in [5.41, 5.74) is 1.74. The molecule has 3 rings (SSSR count). The quantitative estimate of drug-likeness (QED) is 0.686. The molecule has 2 aliphatic rings. The van der Waals surface area contributed by atoms with Crippen molar-refractivity contribution in [2.75, 3.05) is 19.6 Å². The van der Waals surface area contributed by atoms with E-state index >= 15 is 0 Å². The van der Waals surface area contributed by atoms with Crippen molar-refractivity contribution in [3.8, 4) is 5.75 Å². The number of phenols is 1. The first-order valence-electron chi connectivity index (χ1n) is 10.4. The van der Waals surface area contributed by atoms with Crippen molar-refractivity contribution in [3.63, 3.8) is 0 Å². The van der Waals surface area contributed by atoms with Crippen LogP contribution in [0.2, 0.25) is 0 Å². The van der Waals surface area contributed by atoms with Crippen molar-refractivity contribution in [3.05, 3.63) is 29.3 Å². The molecule has 4 nitrogen and oxygen atoms in total. The first kappa shape index (κ1) is 19.2. The van der Waals surface area contributed by atoms with Gasteiger partial charge in [0.1, 0.15) is 5.75 Å². The molecule has 4 heteroatoms. The zero-order chi connectivity index (χ0) is 18.5. The van der Waals surface area contributed by atoms with E-state index in [1.165, 1.54) is 38.5 Å². The summed E-state index contributed by atoms with van der Waals surface area (Å²) in [6.07, 6.45) is 7.53. The van der Waals surface area contributed by atoms with E-state index in [0.717, 1.165) is 37.0 Å². The van der Waals surface area contributed by atoms with Gasteiger partial charge in [0, 0.05) is 18.7 Å². The van der Waals surface area contributed by atoms with Crippen LogP contribution in [0.1, 0.15) is 68.3 Å². The molecule has 144 valence electrons. The van der Waals surface area contributed by atoms with Gasteiger partial charge < -0.3 is 15.3 Å². The van der Waals surface area contributed by atoms with Gasteiger partial charge in [-0.05, 0) is 80.6 Å². The summed E-state index contributed by atoms with van der Waals surface area (Å²) in [5.74, 6) is 2.53. The second-order valence-corrected chi connectivity index (χ2v) is 8.18. The normalized spacial score (nSPS) is 23.9. The Morgan fingerprint density at radius 1 is 1.23 bits per heavy atom. The first-order valence-corrected chi connectivity index (χ1v) is 10.4. The Morgan fingerprint density at radius 2 is 2.00 bits per heavy atom. The molecule has 1 atom stereocenters. The molecule has 1 aromatic rings. The van der Waals surface area contributed by atoms with Crippen LogP contribution in [0.4, 0.5) is 0 Å². The highest BCUT2D eigenvalue weighted by Crippen LogP contribution is 2.36. The highest BCUT2D eigenvalue weighted by molar-refractivity contribution is 5.98. The van der Waals surface area contributed by atoms with E-state index in [4.69, 9.17) is 0 Å². The number of hydrogen-bond donors (Lipinski definition) is 2. The Hall–Kier alpha value is -1.55. The molecule has 26 heavy (non-hydrogen) atoms. The van der Waals surface area contributed by atoms with E-state index in [1.54, 1.807) is 12.1 Å². The van der Waals surface area contributed by atoms with Crippen LogP contribution in [0.25, 0.3) is 0 Å². The van der Waals surface area contributed by atoms with E-state index in [1.807, 2.05) is 11.0 Å². The lowest BCUT2D eigenvalue weighted by Gasteiger charge is -2.35. The third kappa shape index (κ3) is 4.40. The summed E-state index contributed by atoms with van der Waals surface area (Å²) in [6, 6.07) is 5.18. The second kappa shape index (κ2) is 8.90. The van der Waals surface area contributed by atoms with Gasteiger partial charge in [-0.3, -0.25) is 4.79 Å². The molecule has 0 spiro atoms. The minimum absolute atomic E-state index is 0.0909. The number of fused-ring (bicyclic) bond motifs is 1. The predicted molar refractivity (Wildman–Crippen MR) is 105 cm³/mol. The van der Waals surface area contributed by atoms with Gasteiger partial charge in [0.15, 0.2) is 0 Å². The number of benzene rings is 1. The standard InChI is InChI=1S/C22H34N2O2/c1-3-11-23-13-17(4-2)18-7-5-16(6-8-18)14-24-15-19-9-10-20(25)12-21(19)22(24)26/h9-10,12,16-18,23,25H,3-8,11,13-15H2,1-2H3. The van der Waals surface area contributed by atoms with Crippen LogP contribution in [0.15, 0.2) is 18.2 Å². The fourth-order valence-electron chi connectivity index (χ4n) is 4.76. The molecule has 1 heterocycles. The van der Waals surface area contributed by atoms with Crippen LogP contribution in [-0.2, 0) is 6.54 Å². The maximum absolute atomic E-state index is 12.6. The van der Waals surface area contributed by atoms with Gasteiger partial charge in [0.2, 0.25) is 0 Å². The van der Waals surface area contributed by atoms with Gasteiger partial charge in [-0.15, -0.1) is 0 Å². The number of carbonyl (C=O) groups is 1. The maximum Gasteiger partial charge on any atom is 0.254 e. The van der Waals surface area contributed by atoms with E-state index in [2.05, 4.69) is 19.2 Å². The molecule has 1 saturated carbocycles. The highest BCUT2D eigenvalue weighted by Gasteiger charge is 2.32. The van der Waals surface area contributed by atoms with Crippen LogP contribution in [0.3, 0.4) is 0 Å². The topological polar surface area (TPSA) is 52.6 Å². The average molecular weight is 359 g/mol. The van der Waals surface area contributed by atoms with Crippen molar-refractivity contribution in [1.82, 2.24) is 10.2 Å². The Kier molecular flexibility index (Phi) is 6.58.